The van der Waals surface area contributed by atoms with Gasteiger partial charge in [0, 0.05) is 5.69 Å². The van der Waals surface area contributed by atoms with Gasteiger partial charge in [-0.2, -0.15) is 5.10 Å². The molecule has 0 saturated heterocycles. The lowest BCUT2D eigenvalue weighted by Gasteiger charge is -2.06. The van der Waals surface area contributed by atoms with Crippen LogP contribution in [0, 0.1) is 6.92 Å². The second-order valence-electron chi connectivity index (χ2n) is 3.92. The van der Waals surface area contributed by atoms with Gasteiger partial charge in [-0.15, -0.1) is 24.0 Å². The Kier molecular flexibility index (Phi) is 6.26. The molecule has 0 atom stereocenters. The summed E-state index contributed by atoms with van der Waals surface area (Å²) in [6.07, 6.45) is 3.15. The molecule has 3 N–H and O–H groups in total. The molecule has 7 heteroatoms. The lowest BCUT2D eigenvalue weighted by Crippen LogP contribution is -2.23. The van der Waals surface area contributed by atoms with Crippen LogP contribution in [0.1, 0.15) is 5.56 Å². The lowest BCUT2D eigenvalue weighted by atomic mass is 10.2. The van der Waals surface area contributed by atoms with Crippen molar-refractivity contribution in [2.24, 2.45) is 10.7 Å². The van der Waals surface area contributed by atoms with E-state index in [2.05, 4.69) is 20.4 Å². The Labute approximate surface area is 129 Å². The second kappa shape index (κ2) is 7.72. The SMILES string of the molecule is Cc1cccc(NC(N)=NCCn2cncn2)c1.I. The molecule has 6 nitrogen and oxygen atoms in total. The van der Waals surface area contributed by atoms with Gasteiger partial charge >= 0.3 is 0 Å². The summed E-state index contributed by atoms with van der Waals surface area (Å²) in [5.41, 5.74) is 7.91. The first-order valence-corrected chi connectivity index (χ1v) is 5.70. The van der Waals surface area contributed by atoms with Gasteiger partial charge in [-0.1, -0.05) is 12.1 Å². The maximum atomic E-state index is 5.79. The number of aryl methyl sites for hydroxylation is 1. The fourth-order valence-electron chi connectivity index (χ4n) is 1.53. The van der Waals surface area contributed by atoms with E-state index >= 15 is 0 Å². The van der Waals surface area contributed by atoms with Crippen molar-refractivity contribution in [2.75, 3.05) is 11.9 Å². The number of anilines is 1. The van der Waals surface area contributed by atoms with Gasteiger partial charge in [-0.3, -0.25) is 9.67 Å². The standard InChI is InChI=1S/C12H16N6.HI/c1-10-3-2-4-11(7-10)17-12(13)15-5-6-18-9-14-8-16-18;/h2-4,7-9H,5-6H2,1H3,(H3,13,15,17);1H. The van der Waals surface area contributed by atoms with Crippen LogP contribution in [0.15, 0.2) is 41.9 Å². The van der Waals surface area contributed by atoms with Crippen LogP contribution < -0.4 is 11.1 Å². The number of benzene rings is 1. The Morgan fingerprint density at radius 3 is 3.00 bits per heavy atom. The van der Waals surface area contributed by atoms with Crippen LogP contribution >= 0.6 is 24.0 Å². The van der Waals surface area contributed by atoms with E-state index in [0.717, 1.165) is 5.69 Å². The maximum Gasteiger partial charge on any atom is 0.193 e. The number of hydrogen-bond donors (Lipinski definition) is 2. The summed E-state index contributed by atoms with van der Waals surface area (Å²) in [6, 6.07) is 7.97. The fraction of sp³-hybridized carbons (Fsp3) is 0.250. The normalized spacial score (nSPS) is 10.9. The van der Waals surface area contributed by atoms with Crippen LogP contribution in [0.2, 0.25) is 0 Å². The fourth-order valence-corrected chi connectivity index (χ4v) is 1.53. The van der Waals surface area contributed by atoms with Crippen LogP contribution in [0.4, 0.5) is 5.69 Å². The minimum absolute atomic E-state index is 0. The lowest BCUT2D eigenvalue weighted by molar-refractivity contribution is 0.624. The van der Waals surface area contributed by atoms with Crippen molar-refractivity contribution >= 4 is 35.6 Å². The van der Waals surface area contributed by atoms with Crippen LogP contribution in [0.3, 0.4) is 0 Å². The first-order valence-electron chi connectivity index (χ1n) is 5.70. The number of nitrogens with one attached hydrogen (secondary N) is 1. The number of nitrogens with zero attached hydrogens (tertiary/aromatic N) is 4. The van der Waals surface area contributed by atoms with Crippen molar-refractivity contribution in [3.05, 3.63) is 42.5 Å². The molecule has 19 heavy (non-hydrogen) atoms. The zero-order valence-corrected chi connectivity index (χ0v) is 13.0. The van der Waals surface area contributed by atoms with Crippen molar-refractivity contribution in [1.29, 1.82) is 0 Å². The average molecular weight is 372 g/mol. The summed E-state index contributed by atoms with van der Waals surface area (Å²) in [7, 11) is 0. The van der Waals surface area contributed by atoms with Gasteiger partial charge in [0.05, 0.1) is 13.1 Å². The highest BCUT2D eigenvalue weighted by Crippen LogP contribution is 2.08. The zero-order chi connectivity index (χ0) is 12.8. The van der Waals surface area contributed by atoms with E-state index in [1.807, 2.05) is 31.2 Å². The van der Waals surface area contributed by atoms with E-state index in [4.69, 9.17) is 5.73 Å². The van der Waals surface area contributed by atoms with E-state index in [0.29, 0.717) is 19.0 Å². The van der Waals surface area contributed by atoms with Crippen molar-refractivity contribution in [3.8, 4) is 0 Å². The molecule has 2 aromatic rings. The van der Waals surface area contributed by atoms with Crippen molar-refractivity contribution in [3.63, 3.8) is 0 Å². The molecule has 0 radical (unpaired) electrons. The average Bonchev–Trinajstić information content (AvgIpc) is 2.82. The number of guanidine groups is 1. The van der Waals surface area contributed by atoms with Crippen molar-refractivity contribution < 1.29 is 0 Å². The van der Waals surface area contributed by atoms with Crippen LogP contribution in [-0.2, 0) is 6.54 Å². The summed E-state index contributed by atoms with van der Waals surface area (Å²) in [5, 5.41) is 7.03. The van der Waals surface area contributed by atoms with E-state index in [1.54, 1.807) is 11.0 Å². The molecule has 1 aromatic heterocycles. The van der Waals surface area contributed by atoms with Crippen molar-refractivity contribution in [1.82, 2.24) is 14.8 Å². The number of halogens is 1. The molecular formula is C12H17IN6. The van der Waals surface area contributed by atoms with Gasteiger partial charge < -0.3 is 11.1 Å². The quantitative estimate of drug-likeness (QED) is 0.486. The Morgan fingerprint density at radius 1 is 1.47 bits per heavy atom. The topological polar surface area (TPSA) is 81.1 Å². The number of aliphatic imine (C=N–C) groups is 1. The third-order valence-corrected chi connectivity index (χ3v) is 2.37. The van der Waals surface area contributed by atoms with Gasteiger partial charge in [0.25, 0.3) is 0 Å². The molecule has 2 rings (SSSR count). The molecule has 0 aliphatic heterocycles. The third-order valence-electron chi connectivity index (χ3n) is 2.37. The first-order chi connectivity index (χ1) is 8.74. The molecule has 1 heterocycles. The summed E-state index contributed by atoms with van der Waals surface area (Å²) in [5.74, 6) is 0.403. The summed E-state index contributed by atoms with van der Waals surface area (Å²) in [6.45, 7) is 3.26. The minimum atomic E-state index is 0. The molecule has 0 aliphatic rings. The number of aromatic nitrogens is 3. The van der Waals surface area contributed by atoms with E-state index in [-0.39, 0.29) is 24.0 Å². The molecule has 0 saturated carbocycles. The number of hydrogen-bond acceptors (Lipinski definition) is 3. The van der Waals surface area contributed by atoms with Gasteiger partial charge in [0.15, 0.2) is 5.96 Å². The van der Waals surface area contributed by atoms with Crippen molar-refractivity contribution in [2.45, 2.75) is 13.5 Å². The highest BCUT2D eigenvalue weighted by Gasteiger charge is 1.95. The van der Waals surface area contributed by atoms with Crippen LogP contribution in [-0.4, -0.2) is 27.3 Å². The minimum Gasteiger partial charge on any atom is -0.370 e. The van der Waals surface area contributed by atoms with Gasteiger partial charge in [0.1, 0.15) is 12.7 Å². The smallest absolute Gasteiger partial charge is 0.193 e. The molecule has 0 unspecified atom stereocenters. The Balaban J connectivity index is 0.00000180. The molecule has 102 valence electrons. The molecule has 0 bridgehead atoms. The number of nitrogens with two attached hydrogens (primary N) is 1. The Bertz CT molecular complexity index is 523. The third kappa shape index (κ3) is 5.25. The Hall–Kier alpha value is -1.64. The largest absolute Gasteiger partial charge is 0.370 e. The summed E-state index contributed by atoms with van der Waals surface area (Å²) >= 11 is 0. The van der Waals surface area contributed by atoms with Crippen LogP contribution in [0.25, 0.3) is 0 Å². The van der Waals surface area contributed by atoms with E-state index < -0.39 is 0 Å². The predicted molar refractivity (Wildman–Crippen MR) is 86.7 cm³/mol. The van der Waals surface area contributed by atoms with E-state index in [1.165, 1.54) is 11.9 Å². The maximum absolute atomic E-state index is 5.79. The molecule has 1 aromatic carbocycles. The highest BCUT2D eigenvalue weighted by molar-refractivity contribution is 14.0. The van der Waals surface area contributed by atoms with Gasteiger partial charge in [-0.05, 0) is 24.6 Å². The van der Waals surface area contributed by atoms with E-state index in [9.17, 15) is 0 Å². The predicted octanol–water partition coefficient (Wildman–Crippen LogP) is 1.63. The Morgan fingerprint density at radius 2 is 2.32 bits per heavy atom. The van der Waals surface area contributed by atoms with Crippen LogP contribution in [0.5, 0.6) is 0 Å². The van der Waals surface area contributed by atoms with Gasteiger partial charge in [0.2, 0.25) is 0 Å². The zero-order valence-electron chi connectivity index (χ0n) is 10.7. The first kappa shape index (κ1) is 15.4. The molecule has 0 fully saturated rings. The summed E-state index contributed by atoms with van der Waals surface area (Å²) < 4.78 is 1.71. The van der Waals surface area contributed by atoms with Gasteiger partial charge in [-0.25, -0.2) is 4.98 Å². The highest BCUT2D eigenvalue weighted by atomic mass is 127. The molecule has 0 amide bonds. The molecular weight excluding hydrogens is 355 g/mol. The second-order valence-corrected chi connectivity index (χ2v) is 3.92. The molecule has 0 aliphatic carbocycles. The molecule has 0 spiro atoms. The summed E-state index contributed by atoms with van der Waals surface area (Å²) in [4.78, 5) is 8.07. The number of rotatable bonds is 4. The monoisotopic (exact) mass is 372 g/mol.